The van der Waals surface area contributed by atoms with E-state index in [1.165, 1.54) is 0 Å². The summed E-state index contributed by atoms with van der Waals surface area (Å²) in [6.45, 7) is 11.6. The number of hydrogen-bond donors (Lipinski definition) is 2. The van der Waals surface area contributed by atoms with E-state index >= 15 is 0 Å². The Hall–Kier alpha value is -1.31. The van der Waals surface area contributed by atoms with Crippen molar-refractivity contribution >= 4 is 22.9 Å². The highest BCUT2D eigenvalue weighted by molar-refractivity contribution is 7.85. The van der Waals surface area contributed by atoms with E-state index in [9.17, 15) is 9.00 Å². The summed E-state index contributed by atoms with van der Waals surface area (Å²) < 4.78 is 17.7. The van der Waals surface area contributed by atoms with Gasteiger partial charge in [-0.1, -0.05) is 13.3 Å². The van der Waals surface area contributed by atoms with Crippen LogP contribution in [0.3, 0.4) is 0 Å². The van der Waals surface area contributed by atoms with E-state index in [4.69, 9.17) is 9.73 Å². The summed E-state index contributed by atoms with van der Waals surface area (Å²) in [7, 11) is -0.735. The molecule has 2 N–H and O–H groups in total. The van der Waals surface area contributed by atoms with Crippen LogP contribution in [0.1, 0.15) is 73.1 Å². The largest absolute Gasteiger partial charge is 0.444 e. The molecular weight excluding hydrogens is 388 g/mol. The van der Waals surface area contributed by atoms with E-state index in [1.807, 2.05) is 39.5 Å². The molecule has 0 heterocycles. The van der Waals surface area contributed by atoms with Gasteiger partial charge in [-0.3, -0.25) is 9.20 Å². The average Bonchev–Trinajstić information content (AvgIpc) is 3.48. The van der Waals surface area contributed by atoms with Crippen LogP contribution < -0.4 is 10.6 Å². The first-order valence-corrected chi connectivity index (χ1v) is 12.5. The maximum Gasteiger partial charge on any atom is 0.410 e. The van der Waals surface area contributed by atoms with Crippen LogP contribution in [0.25, 0.3) is 0 Å². The summed E-state index contributed by atoms with van der Waals surface area (Å²) in [5.41, 5.74) is -0.486. The molecule has 0 aromatic rings. The van der Waals surface area contributed by atoms with Crippen molar-refractivity contribution in [1.29, 1.82) is 0 Å². The summed E-state index contributed by atoms with van der Waals surface area (Å²) in [4.78, 5) is 19.0. The number of hydrogen-bond acceptors (Lipinski definition) is 4. The van der Waals surface area contributed by atoms with Crippen molar-refractivity contribution in [2.24, 2.45) is 4.99 Å². The van der Waals surface area contributed by atoms with E-state index in [0.717, 1.165) is 56.8 Å². The van der Waals surface area contributed by atoms with Crippen molar-refractivity contribution in [1.82, 2.24) is 15.5 Å². The summed E-state index contributed by atoms with van der Waals surface area (Å²) in [6, 6.07) is 0.589. The van der Waals surface area contributed by atoms with E-state index in [-0.39, 0.29) is 11.3 Å². The number of carbonyl (C=O) groups is 1. The molecule has 0 aromatic carbocycles. The first-order chi connectivity index (χ1) is 13.7. The second-order valence-electron chi connectivity index (χ2n) is 8.96. The highest BCUT2D eigenvalue weighted by Gasteiger charge is 2.35. The third-order valence-corrected chi connectivity index (χ3v) is 6.93. The Kier molecular flexibility index (Phi) is 9.24. The van der Waals surface area contributed by atoms with Gasteiger partial charge in [0.05, 0.1) is 6.54 Å². The Morgan fingerprint density at radius 1 is 1.21 bits per heavy atom. The van der Waals surface area contributed by atoms with E-state index in [1.54, 1.807) is 0 Å². The highest BCUT2D eigenvalue weighted by Crippen LogP contribution is 2.28. The van der Waals surface area contributed by atoms with Gasteiger partial charge in [-0.2, -0.15) is 0 Å². The van der Waals surface area contributed by atoms with Crippen molar-refractivity contribution in [3.8, 4) is 0 Å². The lowest BCUT2D eigenvalue weighted by Gasteiger charge is -2.30. The van der Waals surface area contributed by atoms with Crippen LogP contribution in [0.4, 0.5) is 4.79 Å². The normalized spacial score (nSPS) is 24.0. The molecule has 0 aliphatic heterocycles. The second kappa shape index (κ2) is 11.2. The van der Waals surface area contributed by atoms with Crippen LogP contribution in [-0.4, -0.2) is 69.5 Å². The van der Waals surface area contributed by atoms with Crippen molar-refractivity contribution in [2.75, 3.05) is 25.4 Å². The van der Waals surface area contributed by atoms with Crippen LogP contribution in [0, 0.1) is 0 Å². The molecular formula is C21H40N4O3S. The molecule has 7 nitrogen and oxygen atoms in total. The molecule has 2 rings (SSSR count). The van der Waals surface area contributed by atoms with Gasteiger partial charge in [0, 0.05) is 47.0 Å². The predicted octanol–water partition coefficient (Wildman–Crippen LogP) is 3.02. The molecule has 0 bridgehead atoms. The van der Waals surface area contributed by atoms with Crippen molar-refractivity contribution in [2.45, 2.75) is 96.1 Å². The van der Waals surface area contributed by atoms with Gasteiger partial charge in [-0.25, -0.2) is 4.79 Å². The molecule has 29 heavy (non-hydrogen) atoms. The lowest BCUT2D eigenvalue weighted by molar-refractivity contribution is 0.0240. The van der Waals surface area contributed by atoms with Gasteiger partial charge in [0.25, 0.3) is 0 Å². The first kappa shape index (κ1) is 24.0. The number of guanidine groups is 1. The van der Waals surface area contributed by atoms with Crippen LogP contribution in [0.5, 0.6) is 0 Å². The summed E-state index contributed by atoms with van der Waals surface area (Å²) >= 11 is 0. The minimum absolute atomic E-state index is 0.245. The topological polar surface area (TPSA) is 83.0 Å². The molecule has 0 saturated heterocycles. The molecule has 1 amide bonds. The van der Waals surface area contributed by atoms with Crippen LogP contribution in [0.2, 0.25) is 0 Å². The molecule has 0 radical (unpaired) electrons. The van der Waals surface area contributed by atoms with Gasteiger partial charge >= 0.3 is 6.09 Å². The number of carbonyl (C=O) groups excluding carboxylic acids is 1. The lowest BCUT2D eigenvalue weighted by Crippen LogP contribution is -2.47. The Morgan fingerprint density at radius 3 is 2.52 bits per heavy atom. The SMILES string of the molecule is CCNC(=NCCN(C(=O)OC(C)(C)C)C1CC1)NC1CCCC(S(=O)CC)C1. The molecule has 3 atom stereocenters. The Morgan fingerprint density at radius 2 is 1.93 bits per heavy atom. The minimum atomic E-state index is -0.735. The molecule has 168 valence electrons. The van der Waals surface area contributed by atoms with Gasteiger partial charge in [0.15, 0.2) is 5.96 Å². The Bertz CT molecular complexity index is 587. The molecule has 0 spiro atoms. The third-order valence-electron chi connectivity index (χ3n) is 5.19. The zero-order chi connectivity index (χ0) is 21.4. The third kappa shape index (κ3) is 8.52. The first-order valence-electron chi connectivity index (χ1n) is 11.1. The highest BCUT2D eigenvalue weighted by atomic mass is 32.2. The minimum Gasteiger partial charge on any atom is -0.444 e. The monoisotopic (exact) mass is 428 g/mol. The van der Waals surface area contributed by atoms with Crippen molar-refractivity contribution < 1.29 is 13.7 Å². The van der Waals surface area contributed by atoms with Crippen LogP contribution >= 0.6 is 0 Å². The van der Waals surface area contributed by atoms with Gasteiger partial charge in [0.2, 0.25) is 0 Å². The standard InChI is InChI=1S/C21H40N4O3S/c1-6-22-19(24-16-9-8-10-18(15-16)29(27)7-2)23-13-14-25(17-11-12-17)20(26)28-21(3,4)5/h16-18H,6-15H2,1-5H3,(H2,22,23,24). The molecule has 2 fully saturated rings. The zero-order valence-electron chi connectivity index (χ0n) is 18.8. The van der Waals surface area contributed by atoms with Crippen LogP contribution in [0.15, 0.2) is 4.99 Å². The molecule has 2 aliphatic rings. The van der Waals surface area contributed by atoms with Crippen molar-refractivity contribution in [3.63, 3.8) is 0 Å². The number of rotatable bonds is 8. The van der Waals surface area contributed by atoms with Crippen molar-refractivity contribution in [3.05, 3.63) is 0 Å². The van der Waals surface area contributed by atoms with Gasteiger partial charge in [-0.05, 0) is 59.8 Å². The molecule has 0 aromatic heterocycles. The molecule has 2 saturated carbocycles. The Balaban J connectivity index is 1.90. The molecule has 3 unspecified atom stereocenters. The fourth-order valence-corrected chi connectivity index (χ4v) is 5.01. The lowest BCUT2D eigenvalue weighted by atomic mass is 9.95. The summed E-state index contributed by atoms with van der Waals surface area (Å²) in [5.74, 6) is 1.51. The number of nitrogens with zero attached hydrogens (tertiary/aromatic N) is 2. The summed E-state index contributed by atoms with van der Waals surface area (Å²) in [5, 5.41) is 7.11. The zero-order valence-corrected chi connectivity index (χ0v) is 19.6. The fraction of sp³-hybridized carbons (Fsp3) is 0.905. The molecule has 2 aliphatic carbocycles. The average molecular weight is 429 g/mol. The summed E-state index contributed by atoms with van der Waals surface area (Å²) in [6.07, 6.45) is 5.99. The smallest absolute Gasteiger partial charge is 0.410 e. The number of amides is 1. The molecule has 8 heteroatoms. The van der Waals surface area contributed by atoms with E-state index in [2.05, 4.69) is 10.6 Å². The maximum atomic E-state index is 12.5. The second-order valence-corrected chi connectivity index (χ2v) is 11.0. The predicted molar refractivity (Wildman–Crippen MR) is 120 cm³/mol. The van der Waals surface area contributed by atoms with Gasteiger partial charge in [-0.15, -0.1) is 0 Å². The number of nitrogens with one attached hydrogen (secondary N) is 2. The number of aliphatic imine (C=N–C) groups is 1. The van der Waals surface area contributed by atoms with Gasteiger partial charge in [0.1, 0.15) is 5.60 Å². The van der Waals surface area contributed by atoms with E-state index < -0.39 is 16.4 Å². The quantitative estimate of drug-likeness (QED) is 0.459. The van der Waals surface area contributed by atoms with Gasteiger partial charge < -0.3 is 20.3 Å². The fourth-order valence-electron chi connectivity index (χ4n) is 3.66. The van der Waals surface area contributed by atoms with E-state index in [0.29, 0.717) is 25.2 Å². The Labute approximate surface area is 178 Å². The number of ether oxygens (including phenoxy) is 1. The maximum absolute atomic E-state index is 12.5. The van der Waals surface area contributed by atoms with Crippen LogP contribution in [-0.2, 0) is 15.5 Å².